The minimum absolute atomic E-state index is 0.0357. The van der Waals surface area contributed by atoms with Crippen molar-refractivity contribution in [2.45, 2.75) is 43.0 Å². The molecule has 0 unspecified atom stereocenters. The molecule has 0 aliphatic carbocycles. The fraction of sp³-hybridized carbons (Fsp3) is 0.474. The maximum atomic E-state index is 12.7. The number of carbonyl (C=O) groups is 1. The summed E-state index contributed by atoms with van der Waals surface area (Å²) in [7, 11) is -1.86. The highest BCUT2D eigenvalue weighted by Gasteiger charge is 2.44. The van der Waals surface area contributed by atoms with Gasteiger partial charge >= 0.3 is 6.09 Å². The first kappa shape index (κ1) is 18.9. The number of ether oxygens (including phenoxy) is 1. The van der Waals surface area contributed by atoms with E-state index in [0.29, 0.717) is 25.9 Å². The van der Waals surface area contributed by atoms with Crippen LogP contribution >= 0.6 is 0 Å². The van der Waals surface area contributed by atoms with Crippen molar-refractivity contribution in [1.82, 2.24) is 18.8 Å². The standard InChI is InChI=1S/C19H24N4O4S/c1-14-18(15-6-4-3-5-7-15)27-19(24)23(14)16-8-10-22(11-9-16)28(25,26)17-12-21(2)13-20-17/h3-7,12-14,16,18H,8-11H2,1-2H3/t14-,18-/m0/s1. The van der Waals surface area contributed by atoms with Crippen LogP contribution in [-0.2, 0) is 21.8 Å². The summed E-state index contributed by atoms with van der Waals surface area (Å²) in [6.45, 7) is 2.70. The fourth-order valence-corrected chi connectivity index (χ4v) is 5.50. The van der Waals surface area contributed by atoms with Crippen molar-refractivity contribution in [3.63, 3.8) is 0 Å². The number of aromatic nitrogens is 2. The summed E-state index contributed by atoms with van der Waals surface area (Å²) in [5.74, 6) is 0. The molecule has 8 nitrogen and oxygen atoms in total. The van der Waals surface area contributed by atoms with Gasteiger partial charge in [-0.05, 0) is 25.3 Å². The number of imidazole rings is 1. The van der Waals surface area contributed by atoms with Crippen molar-refractivity contribution >= 4 is 16.1 Å². The van der Waals surface area contributed by atoms with Gasteiger partial charge in [0.25, 0.3) is 10.0 Å². The molecule has 28 heavy (non-hydrogen) atoms. The topological polar surface area (TPSA) is 84.7 Å². The van der Waals surface area contributed by atoms with Crippen molar-refractivity contribution in [2.75, 3.05) is 13.1 Å². The summed E-state index contributed by atoms with van der Waals surface area (Å²) in [4.78, 5) is 18.3. The van der Waals surface area contributed by atoms with Crippen LogP contribution in [0.5, 0.6) is 0 Å². The van der Waals surface area contributed by atoms with Crippen LogP contribution in [0.3, 0.4) is 0 Å². The highest BCUT2D eigenvalue weighted by atomic mass is 32.2. The van der Waals surface area contributed by atoms with Crippen LogP contribution in [0, 0.1) is 0 Å². The molecular formula is C19H24N4O4S. The van der Waals surface area contributed by atoms with E-state index in [1.54, 1.807) is 16.5 Å². The van der Waals surface area contributed by atoms with Gasteiger partial charge < -0.3 is 9.30 Å². The van der Waals surface area contributed by atoms with Gasteiger partial charge in [-0.1, -0.05) is 30.3 Å². The molecule has 0 spiro atoms. The minimum Gasteiger partial charge on any atom is -0.439 e. The monoisotopic (exact) mass is 404 g/mol. The maximum absolute atomic E-state index is 12.7. The van der Waals surface area contributed by atoms with Crippen LogP contribution in [0.25, 0.3) is 0 Å². The summed E-state index contributed by atoms with van der Waals surface area (Å²) >= 11 is 0. The normalized spacial score (nSPS) is 24.5. The molecule has 0 N–H and O–H groups in total. The number of benzene rings is 1. The van der Waals surface area contributed by atoms with Crippen molar-refractivity contribution in [3.05, 3.63) is 48.4 Å². The van der Waals surface area contributed by atoms with Crippen molar-refractivity contribution in [1.29, 1.82) is 0 Å². The Morgan fingerprint density at radius 3 is 2.43 bits per heavy atom. The van der Waals surface area contributed by atoms with Gasteiger partial charge in [-0.3, -0.25) is 4.90 Å². The number of hydrogen-bond acceptors (Lipinski definition) is 5. The summed E-state index contributed by atoms with van der Waals surface area (Å²) < 4.78 is 34.2. The Labute approximate surface area is 164 Å². The van der Waals surface area contributed by atoms with E-state index in [4.69, 9.17) is 4.74 Å². The van der Waals surface area contributed by atoms with Gasteiger partial charge in [0, 0.05) is 32.4 Å². The number of hydrogen-bond donors (Lipinski definition) is 0. The van der Waals surface area contributed by atoms with Gasteiger partial charge in [0.1, 0.15) is 6.10 Å². The van der Waals surface area contributed by atoms with Gasteiger partial charge in [-0.15, -0.1) is 0 Å². The smallest absolute Gasteiger partial charge is 0.411 e. The molecule has 3 heterocycles. The molecule has 0 radical (unpaired) electrons. The van der Waals surface area contributed by atoms with E-state index in [1.165, 1.54) is 16.8 Å². The van der Waals surface area contributed by atoms with Gasteiger partial charge in [0.15, 0.2) is 5.03 Å². The molecule has 1 aromatic carbocycles. The van der Waals surface area contributed by atoms with Crippen LogP contribution in [0.4, 0.5) is 4.79 Å². The second-order valence-electron chi connectivity index (χ2n) is 7.38. The second-order valence-corrected chi connectivity index (χ2v) is 9.26. The highest BCUT2D eigenvalue weighted by molar-refractivity contribution is 7.89. The molecule has 0 bridgehead atoms. The molecule has 2 saturated heterocycles. The molecule has 2 atom stereocenters. The van der Waals surface area contributed by atoms with Crippen molar-refractivity contribution in [3.8, 4) is 0 Å². The molecular weight excluding hydrogens is 380 g/mol. The van der Waals surface area contributed by atoms with Crippen LogP contribution in [-0.4, -0.2) is 58.4 Å². The number of cyclic esters (lactones) is 1. The number of aryl methyl sites for hydroxylation is 1. The summed E-state index contributed by atoms with van der Waals surface area (Å²) in [6, 6.07) is 9.57. The Hall–Kier alpha value is -2.39. The van der Waals surface area contributed by atoms with E-state index in [2.05, 4.69) is 4.98 Å². The number of carbonyl (C=O) groups excluding carboxylic acids is 1. The van der Waals surface area contributed by atoms with Crippen molar-refractivity contribution in [2.24, 2.45) is 7.05 Å². The number of piperidine rings is 1. The highest BCUT2D eigenvalue weighted by Crippen LogP contribution is 2.36. The van der Waals surface area contributed by atoms with Crippen molar-refractivity contribution < 1.29 is 17.9 Å². The van der Waals surface area contributed by atoms with Crippen LogP contribution < -0.4 is 0 Å². The van der Waals surface area contributed by atoms with Crippen LogP contribution in [0.1, 0.15) is 31.4 Å². The number of nitrogens with zero attached hydrogens (tertiary/aromatic N) is 4. The van der Waals surface area contributed by atoms with Crippen LogP contribution in [0.2, 0.25) is 0 Å². The molecule has 2 aliphatic rings. The summed E-state index contributed by atoms with van der Waals surface area (Å²) in [6.07, 6.45) is 3.51. The summed E-state index contributed by atoms with van der Waals surface area (Å²) in [5.41, 5.74) is 0.973. The predicted octanol–water partition coefficient (Wildman–Crippen LogP) is 2.16. The first-order valence-corrected chi connectivity index (χ1v) is 10.8. The van der Waals surface area contributed by atoms with E-state index in [-0.39, 0.29) is 29.3 Å². The predicted molar refractivity (Wildman–Crippen MR) is 102 cm³/mol. The Morgan fingerprint density at radius 1 is 1.14 bits per heavy atom. The SMILES string of the molecule is C[C@H]1[C@@H](c2ccccc2)OC(=O)N1C1CCN(S(=O)(=O)c2cn(C)cn2)CC1. The minimum atomic E-state index is -3.60. The van der Waals surface area contributed by atoms with Gasteiger partial charge in [-0.25, -0.2) is 18.2 Å². The number of sulfonamides is 1. The average Bonchev–Trinajstić information content (AvgIpc) is 3.26. The first-order chi connectivity index (χ1) is 13.4. The average molecular weight is 404 g/mol. The molecule has 4 rings (SSSR count). The van der Waals surface area contributed by atoms with E-state index in [0.717, 1.165) is 5.56 Å². The largest absolute Gasteiger partial charge is 0.439 e. The Balaban J connectivity index is 1.44. The third-order valence-electron chi connectivity index (χ3n) is 5.55. The fourth-order valence-electron chi connectivity index (χ4n) is 4.07. The molecule has 150 valence electrons. The van der Waals surface area contributed by atoms with Gasteiger partial charge in [0.05, 0.1) is 12.4 Å². The lowest BCUT2D eigenvalue weighted by molar-refractivity contribution is 0.121. The number of amides is 1. The lowest BCUT2D eigenvalue weighted by atomic mass is 9.99. The summed E-state index contributed by atoms with van der Waals surface area (Å²) in [5, 5.41) is 0.0616. The molecule has 2 aromatic rings. The molecule has 2 fully saturated rings. The van der Waals surface area contributed by atoms with E-state index >= 15 is 0 Å². The molecule has 0 saturated carbocycles. The van der Waals surface area contributed by atoms with E-state index in [1.807, 2.05) is 37.3 Å². The molecule has 2 aliphatic heterocycles. The van der Waals surface area contributed by atoms with Crippen LogP contribution in [0.15, 0.2) is 47.9 Å². The third kappa shape index (κ3) is 3.29. The molecule has 9 heteroatoms. The van der Waals surface area contributed by atoms with E-state index in [9.17, 15) is 13.2 Å². The quantitative estimate of drug-likeness (QED) is 0.780. The van der Waals surface area contributed by atoms with Gasteiger partial charge in [0.2, 0.25) is 0 Å². The maximum Gasteiger partial charge on any atom is 0.411 e. The van der Waals surface area contributed by atoms with E-state index < -0.39 is 10.0 Å². The number of rotatable bonds is 4. The first-order valence-electron chi connectivity index (χ1n) is 9.40. The second kappa shape index (κ2) is 7.21. The zero-order chi connectivity index (χ0) is 19.9. The Kier molecular flexibility index (Phi) is 4.88. The lowest BCUT2D eigenvalue weighted by Crippen LogP contribution is -2.49. The zero-order valence-electron chi connectivity index (χ0n) is 15.9. The Bertz CT molecular complexity index is 951. The lowest BCUT2D eigenvalue weighted by Gasteiger charge is -2.36. The molecule has 1 amide bonds. The zero-order valence-corrected chi connectivity index (χ0v) is 16.7. The molecule has 1 aromatic heterocycles. The van der Waals surface area contributed by atoms with Gasteiger partial charge in [-0.2, -0.15) is 4.31 Å². The Morgan fingerprint density at radius 2 is 1.82 bits per heavy atom. The third-order valence-corrected chi connectivity index (χ3v) is 7.33.